The highest BCUT2D eigenvalue weighted by atomic mass is 32.2. The molecule has 1 aliphatic carbocycles. The number of amides is 2. The Morgan fingerprint density at radius 1 is 0.905 bits per heavy atom. The number of benzene rings is 3. The first-order valence-electron chi connectivity index (χ1n) is 13.9. The molecule has 1 unspecified atom stereocenters. The molecule has 0 spiro atoms. The molecule has 216 valence electrons. The van der Waals surface area contributed by atoms with Crippen LogP contribution in [0.3, 0.4) is 0 Å². The highest BCUT2D eigenvalue weighted by molar-refractivity contribution is 8.00. The molecule has 2 N–H and O–H groups in total. The molecule has 0 radical (unpaired) electrons. The van der Waals surface area contributed by atoms with Crippen LogP contribution in [0.1, 0.15) is 51.4 Å². The number of aryl methyl sites for hydroxylation is 1. The Kier molecular flexibility index (Phi) is 9.94. The van der Waals surface area contributed by atoms with Crippen LogP contribution in [-0.4, -0.2) is 31.0 Å². The van der Waals surface area contributed by atoms with Crippen LogP contribution in [0.4, 0.5) is 10.7 Å². The van der Waals surface area contributed by atoms with Gasteiger partial charge in [0.2, 0.25) is 5.91 Å². The Balaban J connectivity index is 1.34. The summed E-state index contributed by atoms with van der Waals surface area (Å²) in [7, 11) is 0. The highest BCUT2D eigenvalue weighted by Gasteiger charge is 2.30. The third-order valence-electron chi connectivity index (χ3n) is 6.71. The van der Waals surface area contributed by atoms with Gasteiger partial charge in [0, 0.05) is 15.5 Å². The molecule has 0 fully saturated rings. The molecule has 1 heterocycles. The number of rotatable bonds is 11. The molecular formula is C33H32N2O5S2. The average molecular weight is 601 g/mol. The summed E-state index contributed by atoms with van der Waals surface area (Å²) in [6.45, 7) is 1.93. The topological polar surface area (TPSA) is 93.7 Å². The van der Waals surface area contributed by atoms with E-state index in [4.69, 9.17) is 9.47 Å². The average Bonchev–Trinajstić information content (AvgIpc) is 3.38. The third kappa shape index (κ3) is 7.40. The molecular weight excluding hydrogens is 569 g/mol. The van der Waals surface area contributed by atoms with Crippen molar-refractivity contribution in [2.45, 2.75) is 42.8 Å². The van der Waals surface area contributed by atoms with Crippen molar-refractivity contribution in [1.29, 1.82) is 0 Å². The SMILES string of the molecule is CCOC(=O)c1c(NC(=O)C(Sc2cccc(NC(=O)COc3ccccc3)c2)c2ccccc2)sc2c1CCCC2. The number of thiophene rings is 1. The Bertz CT molecular complexity index is 1540. The summed E-state index contributed by atoms with van der Waals surface area (Å²) in [6, 6.07) is 26.0. The second-order valence-electron chi connectivity index (χ2n) is 9.71. The van der Waals surface area contributed by atoms with E-state index in [-0.39, 0.29) is 25.0 Å². The lowest BCUT2D eigenvalue weighted by Gasteiger charge is -2.18. The monoisotopic (exact) mass is 600 g/mol. The second kappa shape index (κ2) is 14.2. The lowest BCUT2D eigenvalue weighted by molar-refractivity contribution is -0.118. The first-order valence-corrected chi connectivity index (χ1v) is 15.6. The summed E-state index contributed by atoms with van der Waals surface area (Å²) in [5, 5.41) is 5.89. The number of ether oxygens (including phenoxy) is 2. The van der Waals surface area contributed by atoms with Gasteiger partial charge in [-0.05, 0) is 74.1 Å². The minimum atomic E-state index is -0.604. The van der Waals surface area contributed by atoms with Crippen molar-refractivity contribution >= 4 is 51.6 Å². The lowest BCUT2D eigenvalue weighted by Crippen LogP contribution is -2.21. The predicted octanol–water partition coefficient (Wildman–Crippen LogP) is 7.29. The summed E-state index contributed by atoms with van der Waals surface area (Å²) in [6.07, 6.45) is 3.78. The third-order valence-corrected chi connectivity index (χ3v) is 9.17. The summed E-state index contributed by atoms with van der Waals surface area (Å²) in [4.78, 5) is 41.3. The molecule has 2 amide bonds. The van der Waals surface area contributed by atoms with Crippen LogP contribution in [0.2, 0.25) is 0 Å². The normalized spacial score (nSPS) is 13.0. The lowest BCUT2D eigenvalue weighted by atomic mass is 9.95. The number of para-hydroxylation sites is 1. The fourth-order valence-corrected chi connectivity index (χ4v) is 7.16. The molecule has 0 aliphatic heterocycles. The summed E-state index contributed by atoms with van der Waals surface area (Å²) >= 11 is 2.85. The first kappa shape index (κ1) is 29.4. The van der Waals surface area contributed by atoms with Crippen LogP contribution in [0.5, 0.6) is 5.75 Å². The minimum absolute atomic E-state index is 0.121. The van der Waals surface area contributed by atoms with Crippen molar-refractivity contribution in [3.63, 3.8) is 0 Å². The zero-order chi connectivity index (χ0) is 29.3. The van der Waals surface area contributed by atoms with Crippen LogP contribution in [0.25, 0.3) is 0 Å². The zero-order valence-electron chi connectivity index (χ0n) is 23.3. The standard InChI is InChI=1S/C33H32N2O5S2/c1-2-39-33(38)29-26-18-9-10-19-27(26)42-32(29)35-31(37)30(22-12-5-3-6-13-22)41-25-17-11-14-23(20-25)34-28(36)21-40-24-15-7-4-8-16-24/h3-8,11-17,20,30H,2,9-10,18-19,21H2,1H3,(H,34,36)(H,35,37). The van der Waals surface area contributed by atoms with E-state index in [1.807, 2.05) is 66.7 Å². The predicted molar refractivity (Wildman–Crippen MR) is 168 cm³/mol. The molecule has 7 nitrogen and oxygen atoms in total. The number of thioether (sulfide) groups is 1. The molecule has 0 saturated heterocycles. The van der Waals surface area contributed by atoms with Crippen molar-refractivity contribution in [2.75, 3.05) is 23.8 Å². The fraction of sp³-hybridized carbons (Fsp3) is 0.242. The van der Waals surface area contributed by atoms with Gasteiger partial charge < -0.3 is 20.1 Å². The number of carbonyl (C=O) groups excluding carboxylic acids is 3. The number of fused-ring (bicyclic) bond motifs is 1. The van der Waals surface area contributed by atoms with Gasteiger partial charge in [0.15, 0.2) is 6.61 Å². The van der Waals surface area contributed by atoms with Crippen LogP contribution >= 0.6 is 23.1 Å². The molecule has 3 aromatic carbocycles. The molecule has 9 heteroatoms. The van der Waals surface area contributed by atoms with E-state index < -0.39 is 11.2 Å². The minimum Gasteiger partial charge on any atom is -0.484 e. The number of hydrogen-bond acceptors (Lipinski definition) is 7. The Hall–Kier alpha value is -4.08. The Morgan fingerprint density at radius 3 is 2.40 bits per heavy atom. The maximum absolute atomic E-state index is 13.9. The van der Waals surface area contributed by atoms with Crippen LogP contribution in [0, 0.1) is 0 Å². The second-order valence-corrected chi connectivity index (χ2v) is 12.0. The van der Waals surface area contributed by atoms with E-state index in [0.29, 0.717) is 22.0 Å². The molecule has 1 aromatic heterocycles. The smallest absolute Gasteiger partial charge is 0.341 e. The quantitative estimate of drug-likeness (QED) is 0.139. The van der Waals surface area contributed by atoms with Gasteiger partial charge in [-0.25, -0.2) is 4.79 Å². The van der Waals surface area contributed by atoms with E-state index in [9.17, 15) is 14.4 Å². The number of esters is 1. The molecule has 0 saturated carbocycles. The van der Waals surface area contributed by atoms with Crippen molar-refractivity contribution in [3.8, 4) is 5.75 Å². The van der Waals surface area contributed by atoms with Gasteiger partial charge in [-0.3, -0.25) is 9.59 Å². The molecule has 0 bridgehead atoms. The van der Waals surface area contributed by atoms with Gasteiger partial charge in [0.1, 0.15) is 16.0 Å². The van der Waals surface area contributed by atoms with Crippen molar-refractivity contribution in [1.82, 2.24) is 0 Å². The molecule has 1 aliphatic rings. The van der Waals surface area contributed by atoms with Gasteiger partial charge in [0.05, 0.1) is 12.2 Å². The van der Waals surface area contributed by atoms with Gasteiger partial charge in [0.25, 0.3) is 5.91 Å². The summed E-state index contributed by atoms with van der Waals surface area (Å²) < 4.78 is 10.9. The van der Waals surface area contributed by atoms with E-state index in [0.717, 1.165) is 46.6 Å². The number of hydrogen-bond donors (Lipinski definition) is 2. The van der Waals surface area contributed by atoms with E-state index in [1.165, 1.54) is 23.1 Å². The fourth-order valence-electron chi connectivity index (χ4n) is 4.80. The highest BCUT2D eigenvalue weighted by Crippen LogP contribution is 2.41. The summed E-state index contributed by atoms with van der Waals surface area (Å²) in [5.41, 5.74) is 2.92. The van der Waals surface area contributed by atoms with Crippen molar-refractivity contribution < 1.29 is 23.9 Å². The van der Waals surface area contributed by atoms with E-state index in [1.54, 1.807) is 25.1 Å². The molecule has 5 rings (SSSR count). The first-order chi connectivity index (χ1) is 20.5. The van der Waals surface area contributed by atoms with Gasteiger partial charge in [-0.2, -0.15) is 0 Å². The number of nitrogens with one attached hydrogen (secondary N) is 2. The van der Waals surface area contributed by atoms with Crippen molar-refractivity contribution in [3.05, 3.63) is 106 Å². The molecule has 1 atom stereocenters. The Labute approximate surface area is 253 Å². The largest absolute Gasteiger partial charge is 0.484 e. The van der Waals surface area contributed by atoms with Crippen LogP contribution in [-0.2, 0) is 27.2 Å². The maximum Gasteiger partial charge on any atom is 0.341 e. The van der Waals surface area contributed by atoms with Gasteiger partial charge >= 0.3 is 5.97 Å². The molecule has 42 heavy (non-hydrogen) atoms. The zero-order valence-corrected chi connectivity index (χ0v) is 24.9. The Morgan fingerprint density at radius 2 is 1.64 bits per heavy atom. The molecule has 4 aromatic rings. The summed E-state index contributed by atoms with van der Waals surface area (Å²) in [5.74, 6) is -0.297. The van der Waals surface area contributed by atoms with Gasteiger partial charge in [-0.15, -0.1) is 23.1 Å². The van der Waals surface area contributed by atoms with Gasteiger partial charge in [-0.1, -0.05) is 54.6 Å². The number of carbonyl (C=O) groups is 3. The van der Waals surface area contributed by atoms with E-state index >= 15 is 0 Å². The maximum atomic E-state index is 13.9. The van der Waals surface area contributed by atoms with Crippen LogP contribution < -0.4 is 15.4 Å². The van der Waals surface area contributed by atoms with Crippen molar-refractivity contribution in [2.24, 2.45) is 0 Å². The van der Waals surface area contributed by atoms with E-state index in [2.05, 4.69) is 10.6 Å². The van der Waals surface area contributed by atoms with Crippen LogP contribution in [0.15, 0.2) is 89.8 Å². The number of anilines is 2.